The van der Waals surface area contributed by atoms with Crippen molar-refractivity contribution in [3.05, 3.63) is 77.4 Å². The number of piperazine rings is 1. The molecule has 2 N–H and O–H groups in total. The molecule has 1 amide bonds. The molecule has 2 aromatic carbocycles. The van der Waals surface area contributed by atoms with E-state index in [9.17, 15) is 4.79 Å². The minimum atomic E-state index is -0.526. The molecule has 136 valence electrons. The number of amides is 1. The van der Waals surface area contributed by atoms with Gasteiger partial charge in [-0.05, 0) is 22.8 Å². The molecule has 1 aliphatic rings. The highest BCUT2D eigenvalue weighted by atomic mass is 16.5. The van der Waals surface area contributed by atoms with Crippen LogP contribution >= 0.6 is 0 Å². The van der Waals surface area contributed by atoms with Gasteiger partial charge in [0.15, 0.2) is 0 Å². The molecule has 0 aromatic heterocycles. The Kier molecular flexibility index (Phi) is 6.55. The number of carbonyl (C=O) groups excluding carboxylic acids is 1. The second-order valence-corrected chi connectivity index (χ2v) is 6.59. The van der Waals surface area contributed by atoms with E-state index in [4.69, 9.17) is 5.21 Å². The van der Waals surface area contributed by atoms with Crippen LogP contribution in [0.1, 0.15) is 16.7 Å². The average Bonchev–Trinajstić information content (AvgIpc) is 2.69. The molecule has 1 aliphatic heterocycles. The maximum absolute atomic E-state index is 11.0. The topological polar surface area (TPSA) is 55.8 Å². The molecule has 0 atom stereocenters. The van der Waals surface area contributed by atoms with Crippen LogP contribution in [0.5, 0.6) is 0 Å². The first-order chi connectivity index (χ1) is 12.7. The molecule has 5 heteroatoms. The highest BCUT2D eigenvalue weighted by molar-refractivity contribution is 5.90. The van der Waals surface area contributed by atoms with Crippen LogP contribution in [-0.4, -0.2) is 47.1 Å². The Morgan fingerprint density at radius 1 is 0.885 bits per heavy atom. The summed E-state index contributed by atoms with van der Waals surface area (Å²) in [6.07, 6.45) is 2.98. The van der Waals surface area contributed by atoms with E-state index < -0.39 is 5.91 Å². The Morgan fingerprint density at radius 3 is 1.96 bits per heavy atom. The van der Waals surface area contributed by atoms with Crippen LogP contribution in [0.4, 0.5) is 0 Å². The quantitative estimate of drug-likeness (QED) is 0.477. The molecule has 0 saturated carbocycles. The van der Waals surface area contributed by atoms with Crippen molar-refractivity contribution in [2.24, 2.45) is 0 Å². The molecular formula is C21H25N3O2. The SMILES string of the molecule is O=C(/C=C/c1ccc(CN2CCN(Cc3ccccc3)CC2)cc1)NO. The van der Waals surface area contributed by atoms with Crippen LogP contribution in [0.3, 0.4) is 0 Å². The van der Waals surface area contributed by atoms with Gasteiger partial charge < -0.3 is 0 Å². The van der Waals surface area contributed by atoms with E-state index in [0.29, 0.717) is 0 Å². The fourth-order valence-corrected chi connectivity index (χ4v) is 3.15. The zero-order valence-corrected chi connectivity index (χ0v) is 14.8. The van der Waals surface area contributed by atoms with Crippen LogP contribution in [0.15, 0.2) is 60.7 Å². The molecule has 1 heterocycles. The molecule has 0 spiro atoms. The van der Waals surface area contributed by atoms with Gasteiger partial charge in [-0.25, -0.2) is 5.48 Å². The number of nitrogens with zero attached hydrogens (tertiary/aromatic N) is 2. The summed E-state index contributed by atoms with van der Waals surface area (Å²) >= 11 is 0. The first-order valence-corrected chi connectivity index (χ1v) is 8.92. The Labute approximate surface area is 154 Å². The molecule has 3 rings (SSSR count). The molecule has 26 heavy (non-hydrogen) atoms. The average molecular weight is 351 g/mol. The zero-order chi connectivity index (χ0) is 18.2. The standard InChI is InChI=1S/C21H25N3O2/c25-21(22-26)11-10-18-6-8-20(9-7-18)17-24-14-12-23(13-15-24)16-19-4-2-1-3-5-19/h1-11,26H,12-17H2,(H,22,25)/b11-10+. The summed E-state index contributed by atoms with van der Waals surface area (Å²) < 4.78 is 0. The van der Waals surface area contributed by atoms with Gasteiger partial charge in [0, 0.05) is 45.3 Å². The highest BCUT2D eigenvalue weighted by Gasteiger charge is 2.16. The summed E-state index contributed by atoms with van der Waals surface area (Å²) in [4.78, 5) is 16.0. The third-order valence-electron chi connectivity index (χ3n) is 4.64. The van der Waals surface area contributed by atoms with Crippen molar-refractivity contribution in [1.82, 2.24) is 15.3 Å². The van der Waals surface area contributed by atoms with Crippen LogP contribution in [0, 0.1) is 0 Å². The summed E-state index contributed by atoms with van der Waals surface area (Å²) in [5.41, 5.74) is 5.16. The van der Waals surface area contributed by atoms with Crippen molar-refractivity contribution in [3.8, 4) is 0 Å². The number of carbonyl (C=O) groups is 1. The lowest BCUT2D eigenvalue weighted by Gasteiger charge is -2.34. The predicted molar refractivity (Wildman–Crippen MR) is 102 cm³/mol. The van der Waals surface area contributed by atoms with Gasteiger partial charge in [-0.1, -0.05) is 54.6 Å². The van der Waals surface area contributed by atoms with Gasteiger partial charge in [-0.3, -0.25) is 19.8 Å². The van der Waals surface area contributed by atoms with Crippen molar-refractivity contribution in [2.45, 2.75) is 13.1 Å². The predicted octanol–water partition coefficient (Wildman–Crippen LogP) is 2.52. The number of benzene rings is 2. The second kappa shape index (κ2) is 9.29. The van der Waals surface area contributed by atoms with Crippen LogP contribution in [0.25, 0.3) is 6.08 Å². The minimum Gasteiger partial charge on any atom is -0.297 e. The molecule has 0 aliphatic carbocycles. The fourth-order valence-electron chi connectivity index (χ4n) is 3.15. The molecule has 1 fully saturated rings. The Bertz CT molecular complexity index is 721. The summed E-state index contributed by atoms with van der Waals surface area (Å²) in [6, 6.07) is 18.8. The monoisotopic (exact) mass is 351 g/mol. The summed E-state index contributed by atoms with van der Waals surface area (Å²) in [5, 5.41) is 8.48. The first kappa shape index (κ1) is 18.3. The molecule has 1 saturated heterocycles. The number of hydrogen-bond donors (Lipinski definition) is 2. The lowest BCUT2D eigenvalue weighted by atomic mass is 10.1. The van der Waals surface area contributed by atoms with E-state index in [-0.39, 0.29) is 0 Å². The van der Waals surface area contributed by atoms with E-state index in [1.165, 1.54) is 17.2 Å². The van der Waals surface area contributed by atoms with Gasteiger partial charge in [0.1, 0.15) is 0 Å². The van der Waals surface area contributed by atoms with Crippen LogP contribution in [0.2, 0.25) is 0 Å². The van der Waals surface area contributed by atoms with Gasteiger partial charge in [-0.15, -0.1) is 0 Å². The van der Waals surface area contributed by atoms with E-state index >= 15 is 0 Å². The zero-order valence-electron chi connectivity index (χ0n) is 14.8. The van der Waals surface area contributed by atoms with Gasteiger partial charge >= 0.3 is 0 Å². The van der Waals surface area contributed by atoms with Gasteiger partial charge in [0.2, 0.25) is 0 Å². The van der Waals surface area contributed by atoms with Gasteiger partial charge in [0.05, 0.1) is 0 Å². The first-order valence-electron chi connectivity index (χ1n) is 8.92. The Balaban J connectivity index is 1.45. The smallest absolute Gasteiger partial charge is 0.267 e. The van der Waals surface area contributed by atoms with Crippen molar-refractivity contribution < 1.29 is 10.0 Å². The summed E-state index contributed by atoms with van der Waals surface area (Å²) in [5.74, 6) is -0.526. The fraction of sp³-hybridized carbons (Fsp3) is 0.286. The van der Waals surface area contributed by atoms with Crippen molar-refractivity contribution >= 4 is 12.0 Å². The van der Waals surface area contributed by atoms with E-state index in [1.54, 1.807) is 11.6 Å². The molecule has 5 nitrogen and oxygen atoms in total. The van der Waals surface area contributed by atoms with Crippen molar-refractivity contribution in [3.63, 3.8) is 0 Å². The van der Waals surface area contributed by atoms with Crippen LogP contribution < -0.4 is 5.48 Å². The molecule has 2 aromatic rings. The Morgan fingerprint density at radius 2 is 1.42 bits per heavy atom. The lowest BCUT2D eigenvalue weighted by Crippen LogP contribution is -2.45. The maximum Gasteiger partial charge on any atom is 0.267 e. The normalized spacial score (nSPS) is 16.0. The third-order valence-corrected chi connectivity index (χ3v) is 4.64. The van der Waals surface area contributed by atoms with Crippen molar-refractivity contribution in [2.75, 3.05) is 26.2 Å². The Hall–Kier alpha value is -2.47. The second-order valence-electron chi connectivity index (χ2n) is 6.59. The summed E-state index contributed by atoms with van der Waals surface area (Å²) in [6.45, 7) is 6.30. The van der Waals surface area contributed by atoms with Gasteiger partial charge in [-0.2, -0.15) is 0 Å². The highest BCUT2D eigenvalue weighted by Crippen LogP contribution is 2.13. The minimum absolute atomic E-state index is 0.526. The lowest BCUT2D eigenvalue weighted by molar-refractivity contribution is -0.124. The number of hydroxylamine groups is 1. The number of nitrogens with one attached hydrogen (secondary N) is 1. The number of hydrogen-bond acceptors (Lipinski definition) is 4. The summed E-state index contributed by atoms with van der Waals surface area (Å²) in [7, 11) is 0. The molecule has 0 radical (unpaired) electrons. The van der Waals surface area contributed by atoms with Crippen molar-refractivity contribution in [1.29, 1.82) is 0 Å². The maximum atomic E-state index is 11.0. The van der Waals surface area contributed by atoms with Gasteiger partial charge in [0.25, 0.3) is 5.91 Å². The van der Waals surface area contributed by atoms with E-state index in [1.807, 2.05) is 12.1 Å². The largest absolute Gasteiger partial charge is 0.297 e. The van der Waals surface area contributed by atoms with E-state index in [2.05, 4.69) is 52.3 Å². The molecular weight excluding hydrogens is 326 g/mol. The third kappa shape index (κ3) is 5.52. The molecule has 0 bridgehead atoms. The number of rotatable bonds is 6. The molecule has 0 unspecified atom stereocenters. The van der Waals surface area contributed by atoms with Crippen LogP contribution in [-0.2, 0) is 17.9 Å². The van der Waals surface area contributed by atoms with E-state index in [0.717, 1.165) is 44.8 Å².